The van der Waals surface area contributed by atoms with E-state index in [-0.39, 0.29) is 6.54 Å². The first-order valence-electron chi connectivity index (χ1n) is 15.8. The molecule has 1 amide bonds. The fraction of sp³-hybridized carbons (Fsp3) is 0.343. The van der Waals surface area contributed by atoms with E-state index < -0.39 is 17.9 Å². The van der Waals surface area contributed by atoms with Crippen molar-refractivity contribution in [1.82, 2.24) is 20.3 Å². The standard InChI is InChI=1S/C35H39N7O3/c1-2-28-32(37-21-30(35(44)45)41-34(43)27-12-10-24(11-13-27)23-7-4-3-5-8-23)38-22-39-33(28)42-19-16-25(17-20-42)29-15-14-26-9-6-18-36-31(26)40-29/h3-5,7-8,10-15,22,25,30H,2,6,9,16-21H2,1H3,(H,36,40)(H,41,43)(H,44,45)(H,37,38,39)/t30-/m0/s1. The Balaban J connectivity index is 1.08. The number of carboxylic acid groups (broad SMARTS) is 1. The maximum Gasteiger partial charge on any atom is 0.328 e. The minimum atomic E-state index is -1.15. The summed E-state index contributed by atoms with van der Waals surface area (Å²) in [7, 11) is 0. The summed E-state index contributed by atoms with van der Waals surface area (Å²) in [5.41, 5.74) is 5.80. The van der Waals surface area contributed by atoms with Gasteiger partial charge in [0.05, 0.1) is 0 Å². The molecule has 0 saturated carbocycles. The Bertz CT molecular complexity index is 1640. The van der Waals surface area contributed by atoms with E-state index in [1.54, 1.807) is 12.1 Å². The van der Waals surface area contributed by atoms with Gasteiger partial charge in [-0.1, -0.05) is 55.5 Å². The SMILES string of the molecule is CCc1c(NC[C@H](NC(=O)c2ccc(-c3ccccc3)cc2)C(=O)O)ncnc1N1CCC(c2ccc3c(n2)NCCC3)CC1. The summed E-state index contributed by atoms with van der Waals surface area (Å²) in [5.74, 6) is 1.31. The Hall–Kier alpha value is -4.99. The van der Waals surface area contributed by atoms with Crippen LogP contribution in [0.2, 0.25) is 0 Å². The lowest BCUT2D eigenvalue weighted by Gasteiger charge is -2.34. The highest BCUT2D eigenvalue weighted by molar-refractivity contribution is 5.97. The van der Waals surface area contributed by atoms with Crippen molar-refractivity contribution >= 4 is 29.3 Å². The van der Waals surface area contributed by atoms with Crippen LogP contribution in [0.15, 0.2) is 73.1 Å². The van der Waals surface area contributed by atoms with Gasteiger partial charge in [-0.05, 0) is 67.0 Å². The van der Waals surface area contributed by atoms with E-state index >= 15 is 0 Å². The summed E-state index contributed by atoms with van der Waals surface area (Å²) >= 11 is 0. The summed E-state index contributed by atoms with van der Waals surface area (Å²) in [6.45, 7) is 4.69. The first-order chi connectivity index (χ1) is 22.0. The number of pyridine rings is 1. The molecule has 1 fully saturated rings. The molecular formula is C35H39N7O3. The van der Waals surface area contributed by atoms with Crippen LogP contribution in [0.4, 0.5) is 17.5 Å². The lowest BCUT2D eigenvalue weighted by molar-refractivity contribution is -0.138. The molecule has 4 aromatic rings. The normalized spacial score (nSPS) is 15.4. The maximum absolute atomic E-state index is 13.0. The van der Waals surface area contributed by atoms with Crippen LogP contribution in [-0.2, 0) is 17.6 Å². The van der Waals surface area contributed by atoms with Gasteiger partial charge in [-0.2, -0.15) is 0 Å². The number of carbonyl (C=O) groups excluding carboxylic acids is 1. The average Bonchev–Trinajstić information content (AvgIpc) is 3.10. The Labute approximate surface area is 263 Å². The van der Waals surface area contributed by atoms with Crippen LogP contribution in [-0.4, -0.2) is 64.2 Å². The van der Waals surface area contributed by atoms with Crippen LogP contribution in [0.25, 0.3) is 11.1 Å². The molecule has 2 aromatic carbocycles. The Kier molecular flexibility index (Phi) is 9.19. The molecule has 0 unspecified atom stereocenters. The van der Waals surface area contributed by atoms with Crippen molar-refractivity contribution in [2.45, 2.75) is 51.0 Å². The predicted molar refractivity (Wildman–Crippen MR) is 176 cm³/mol. The lowest BCUT2D eigenvalue weighted by Crippen LogP contribution is -2.45. The van der Waals surface area contributed by atoms with Crippen LogP contribution < -0.4 is 20.9 Å². The van der Waals surface area contributed by atoms with Gasteiger partial charge >= 0.3 is 5.97 Å². The average molecular weight is 606 g/mol. The number of benzene rings is 2. The summed E-state index contributed by atoms with van der Waals surface area (Å²) in [4.78, 5) is 41.4. The first kappa shape index (κ1) is 30.1. The van der Waals surface area contributed by atoms with Crippen molar-refractivity contribution in [3.05, 3.63) is 95.4 Å². The van der Waals surface area contributed by atoms with Gasteiger partial charge in [0, 0.05) is 48.9 Å². The van der Waals surface area contributed by atoms with Crippen LogP contribution in [0.1, 0.15) is 59.3 Å². The van der Waals surface area contributed by atoms with Gasteiger partial charge in [0.15, 0.2) is 0 Å². The number of nitrogens with zero attached hydrogens (tertiary/aromatic N) is 4. The van der Waals surface area contributed by atoms with Gasteiger partial charge in [-0.3, -0.25) is 4.79 Å². The number of piperidine rings is 1. The number of hydrogen-bond acceptors (Lipinski definition) is 8. The Morgan fingerprint density at radius 1 is 1.00 bits per heavy atom. The molecule has 0 radical (unpaired) electrons. The first-order valence-corrected chi connectivity index (χ1v) is 15.8. The second kappa shape index (κ2) is 13.8. The number of nitrogens with one attached hydrogen (secondary N) is 3. The fourth-order valence-corrected chi connectivity index (χ4v) is 6.20. The van der Waals surface area contributed by atoms with E-state index in [4.69, 9.17) is 4.98 Å². The second-order valence-corrected chi connectivity index (χ2v) is 11.6. The number of anilines is 3. The zero-order chi connectivity index (χ0) is 31.2. The van der Waals surface area contributed by atoms with Crippen LogP contribution in [0.3, 0.4) is 0 Å². The minimum absolute atomic E-state index is 0.0211. The zero-order valence-electron chi connectivity index (χ0n) is 25.5. The third-order valence-electron chi connectivity index (χ3n) is 8.74. The minimum Gasteiger partial charge on any atom is -0.480 e. The monoisotopic (exact) mass is 605 g/mol. The Morgan fingerprint density at radius 2 is 1.76 bits per heavy atom. The van der Waals surface area contributed by atoms with Gasteiger partial charge in [0.2, 0.25) is 0 Å². The number of carboxylic acids is 1. The molecule has 1 saturated heterocycles. The number of carbonyl (C=O) groups is 2. The molecule has 0 spiro atoms. The van der Waals surface area contributed by atoms with E-state index in [0.29, 0.717) is 23.7 Å². The molecule has 4 N–H and O–H groups in total. The summed E-state index contributed by atoms with van der Waals surface area (Å²) < 4.78 is 0. The highest BCUT2D eigenvalue weighted by Crippen LogP contribution is 2.33. The molecule has 10 nitrogen and oxygen atoms in total. The van der Waals surface area contributed by atoms with Gasteiger partial charge in [-0.15, -0.1) is 0 Å². The molecule has 2 aliphatic rings. The topological polar surface area (TPSA) is 132 Å². The van der Waals surface area contributed by atoms with E-state index in [9.17, 15) is 14.7 Å². The second-order valence-electron chi connectivity index (χ2n) is 11.6. The molecule has 6 rings (SSSR count). The molecule has 45 heavy (non-hydrogen) atoms. The highest BCUT2D eigenvalue weighted by atomic mass is 16.4. The smallest absolute Gasteiger partial charge is 0.328 e. The largest absolute Gasteiger partial charge is 0.480 e. The summed E-state index contributed by atoms with van der Waals surface area (Å²) in [6, 6.07) is 20.3. The molecule has 0 aliphatic carbocycles. The van der Waals surface area contributed by atoms with Gasteiger partial charge in [-0.25, -0.2) is 19.7 Å². The van der Waals surface area contributed by atoms with Gasteiger partial charge in [0.1, 0.15) is 29.8 Å². The molecule has 2 aliphatic heterocycles. The number of rotatable bonds is 10. The molecule has 2 aromatic heterocycles. The molecule has 4 heterocycles. The fourth-order valence-electron chi connectivity index (χ4n) is 6.20. The molecule has 10 heteroatoms. The number of aliphatic carboxylic acids is 1. The van der Waals surface area contributed by atoms with Crippen molar-refractivity contribution in [3.63, 3.8) is 0 Å². The van der Waals surface area contributed by atoms with Crippen molar-refractivity contribution in [2.24, 2.45) is 0 Å². The molecule has 0 bridgehead atoms. The van der Waals surface area contributed by atoms with E-state index in [2.05, 4.69) is 43.0 Å². The Morgan fingerprint density at radius 3 is 2.49 bits per heavy atom. The van der Waals surface area contributed by atoms with Gasteiger partial charge in [0.25, 0.3) is 5.91 Å². The van der Waals surface area contributed by atoms with Crippen LogP contribution in [0, 0.1) is 0 Å². The van der Waals surface area contributed by atoms with Crippen molar-refractivity contribution < 1.29 is 14.7 Å². The molecular weight excluding hydrogens is 566 g/mol. The maximum atomic E-state index is 13.0. The third kappa shape index (κ3) is 6.90. The summed E-state index contributed by atoms with van der Waals surface area (Å²) in [5, 5.41) is 19.2. The number of aromatic nitrogens is 3. The summed E-state index contributed by atoms with van der Waals surface area (Å²) in [6.07, 6.45) is 6.37. The highest BCUT2D eigenvalue weighted by Gasteiger charge is 2.27. The lowest BCUT2D eigenvalue weighted by atomic mass is 9.92. The van der Waals surface area contributed by atoms with E-state index in [1.807, 2.05) is 49.4 Å². The zero-order valence-corrected chi connectivity index (χ0v) is 25.5. The third-order valence-corrected chi connectivity index (χ3v) is 8.74. The molecule has 232 valence electrons. The number of aryl methyl sites for hydroxylation is 1. The van der Waals surface area contributed by atoms with E-state index in [1.165, 1.54) is 11.9 Å². The van der Waals surface area contributed by atoms with E-state index in [0.717, 1.165) is 79.3 Å². The van der Waals surface area contributed by atoms with Crippen LogP contribution in [0.5, 0.6) is 0 Å². The quantitative estimate of drug-likeness (QED) is 0.194. The number of fused-ring (bicyclic) bond motifs is 1. The van der Waals surface area contributed by atoms with Crippen molar-refractivity contribution in [2.75, 3.05) is 41.7 Å². The van der Waals surface area contributed by atoms with Crippen LogP contribution >= 0.6 is 0 Å². The number of hydrogen-bond donors (Lipinski definition) is 4. The van der Waals surface area contributed by atoms with Gasteiger partial charge < -0.3 is 26.0 Å². The van der Waals surface area contributed by atoms with Crippen molar-refractivity contribution in [3.8, 4) is 11.1 Å². The van der Waals surface area contributed by atoms with Crippen molar-refractivity contribution in [1.29, 1.82) is 0 Å². The molecule has 1 atom stereocenters. The number of amides is 1. The predicted octanol–water partition coefficient (Wildman–Crippen LogP) is 5.14.